The zero-order valence-corrected chi connectivity index (χ0v) is 10.8. The molecule has 0 aliphatic carbocycles. The molecule has 6 heteroatoms. The number of benzene rings is 1. The van der Waals surface area contributed by atoms with E-state index < -0.39 is 6.04 Å². The summed E-state index contributed by atoms with van der Waals surface area (Å²) in [6, 6.07) is 4.56. The Kier molecular flexibility index (Phi) is 6.38. The van der Waals surface area contributed by atoms with Crippen LogP contribution in [0.4, 0.5) is 5.69 Å². The molecular weight excluding hydrogens is 244 g/mol. The molecule has 1 rings (SSSR count). The Balaban J connectivity index is 0.00000256. The summed E-state index contributed by atoms with van der Waals surface area (Å²) in [5.41, 5.74) is 6.05. The van der Waals surface area contributed by atoms with Crippen LogP contribution in [0.15, 0.2) is 18.2 Å². The van der Waals surface area contributed by atoms with Crippen molar-refractivity contribution < 1.29 is 14.3 Å². The molecule has 0 aliphatic heterocycles. The maximum atomic E-state index is 11.4. The van der Waals surface area contributed by atoms with Crippen LogP contribution in [0.25, 0.3) is 0 Å². The Labute approximate surface area is 107 Å². The minimum atomic E-state index is -0.558. The largest absolute Gasteiger partial charge is 0.497 e. The molecule has 0 unspecified atom stereocenters. The Morgan fingerprint density at radius 1 is 1.24 bits per heavy atom. The third kappa shape index (κ3) is 4.50. The summed E-state index contributed by atoms with van der Waals surface area (Å²) in [6.45, 7) is 1.62. The van der Waals surface area contributed by atoms with E-state index in [0.29, 0.717) is 17.2 Å². The van der Waals surface area contributed by atoms with Gasteiger partial charge in [-0.1, -0.05) is 0 Å². The smallest absolute Gasteiger partial charge is 0.241 e. The van der Waals surface area contributed by atoms with Crippen molar-refractivity contribution in [3.05, 3.63) is 18.2 Å². The summed E-state index contributed by atoms with van der Waals surface area (Å²) in [5, 5.41) is 2.67. The Morgan fingerprint density at radius 3 is 2.06 bits per heavy atom. The fraction of sp³-hybridized carbons (Fsp3) is 0.364. The van der Waals surface area contributed by atoms with Gasteiger partial charge in [-0.15, -0.1) is 12.4 Å². The van der Waals surface area contributed by atoms with Crippen LogP contribution in [-0.4, -0.2) is 26.2 Å². The second-order valence-electron chi connectivity index (χ2n) is 3.38. The first-order valence-corrected chi connectivity index (χ1v) is 4.86. The number of methoxy groups -OCH3 is 2. The molecule has 1 atom stereocenters. The zero-order valence-electron chi connectivity index (χ0n) is 10.0. The first kappa shape index (κ1) is 15.5. The number of hydrogen-bond acceptors (Lipinski definition) is 4. The first-order chi connectivity index (χ1) is 7.56. The summed E-state index contributed by atoms with van der Waals surface area (Å²) in [4.78, 5) is 11.4. The van der Waals surface area contributed by atoms with Crippen LogP contribution in [0.3, 0.4) is 0 Å². The van der Waals surface area contributed by atoms with E-state index >= 15 is 0 Å². The number of nitrogens with one attached hydrogen (secondary N) is 1. The molecule has 0 heterocycles. The van der Waals surface area contributed by atoms with Crippen LogP contribution in [-0.2, 0) is 4.79 Å². The second-order valence-corrected chi connectivity index (χ2v) is 3.38. The number of rotatable bonds is 4. The molecule has 17 heavy (non-hydrogen) atoms. The van der Waals surface area contributed by atoms with Gasteiger partial charge < -0.3 is 20.5 Å². The summed E-state index contributed by atoms with van der Waals surface area (Å²) in [5.74, 6) is 0.967. The maximum Gasteiger partial charge on any atom is 0.241 e. The molecule has 0 aliphatic rings. The zero-order chi connectivity index (χ0) is 12.1. The van der Waals surface area contributed by atoms with Crippen LogP contribution in [0.2, 0.25) is 0 Å². The topological polar surface area (TPSA) is 73.6 Å². The third-order valence-corrected chi connectivity index (χ3v) is 2.03. The predicted molar refractivity (Wildman–Crippen MR) is 69.1 cm³/mol. The summed E-state index contributed by atoms with van der Waals surface area (Å²) >= 11 is 0. The number of nitrogens with two attached hydrogens (primary N) is 1. The molecule has 0 spiro atoms. The molecule has 1 aromatic carbocycles. The van der Waals surface area contributed by atoms with Crippen molar-refractivity contribution >= 4 is 24.0 Å². The van der Waals surface area contributed by atoms with Crippen molar-refractivity contribution in [2.45, 2.75) is 13.0 Å². The van der Waals surface area contributed by atoms with Crippen molar-refractivity contribution in [2.75, 3.05) is 19.5 Å². The van der Waals surface area contributed by atoms with Gasteiger partial charge in [-0.3, -0.25) is 4.79 Å². The van der Waals surface area contributed by atoms with Gasteiger partial charge in [0, 0.05) is 23.9 Å². The molecule has 96 valence electrons. The highest BCUT2D eigenvalue weighted by Crippen LogP contribution is 2.25. The van der Waals surface area contributed by atoms with Gasteiger partial charge in [0.05, 0.1) is 20.3 Å². The molecule has 0 bridgehead atoms. The standard InChI is InChI=1S/C11H16N2O3.ClH/c1-7(12)11(14)13-8-4-9(15-2)6-10(5-8)16-3;/h4-7H,12H2,1-3H3,(H,13,14);1H/t7-;/m1./s1. The van der Waals surface area contributed by atoms with Crippen molar-refractivity contribution in [1.82, 2.24) is 0 Å². The van der Waals surface area contributed by atoms with Gasteiger partial charge in [0.1, 0.15) is 11.5 Å². The molecule has 0 radical (unpaired) electrons. The number of carbonyl (C=O) groups excluding carboxylic acids is 1. The highest BCUT2D eigenvalue weighted by atomic mass is 35.5. The highest BCUT2D eigenvalue weighted by molar-refractivity contribution is 5.94. The quantitative estimate of drug-likeness (QED) is 0.859. The van der Waals surface area contributed by atoms with Gasteiger partial charge >= 0.3 is 0 Å². The van der Waals surface area contributed by atoms with Gasteiger partial charge in [0.2, 0.25) is 5.91 Å². The van der Waals surface area contributed by atoms with Gasteiger partial charge in [0.15, 0.2) is 0 Å². The third-order valence-electron chi connectivity index (χ3n) is 2.03. The van der Waals surface area contributed by atoms with E-state index in [0.717, 1.165) is 0 Å². The van der Waals surface area contributed by atoms with Gasteiger partial charge in [0.25, 0.3) is 0 Å². The van der Waals surface area contributed by atoms with E-state index in [1.54, 1.807) is 39.3 Å². The van der Waals surface area contributed by atoms with E-state index in [-0.39, 0.29) is 18.3 Å². The lowest BCUT2D eigenvalue weighted by Gasteiger charge is -2.11. The minimum absolute atomic E-state index is 0. The van der Waals surface area contributed by atoms with E-state index in [2.05, 4.69) is 5.32 Å². The number of amides is 1. The lowest BCUT2D eigenvalue weighted by molar-refractivity contribution is -0.117. The first-order valence-electron chi connectivity index (χ1n) is 4.86. The number of carbonyl (C=O) groups is 1. The number of ether oxygens (including phenoxy) is 2. The van der Waals surface area contributed by atoms with Crippen molar-refractivity contribution in [3.63, 3.8) is 0 Å². The Morgan fingerprint density at radius 2 is 1.71 bits per heavy atom. The molecular formula is C11H17ClN2O3. The van der Waals surface area contributed by atoms with Crippen molar-refractivity contribution in [1.29, 1.82) is 0 Å². The number of anilines is 1. The van der Waals surface area contributed by atoms with E-state index in [1.807, 2.05) is 0 Å². The second kappa shape index (κ2) is 6.98. The van der Waals surface area contributed by atoms with Crippen molar-refractivity contribution in [3.8, 4) is 11.5 Å². The van der Waals surface area contributed by atoms with Gasteiger partial charge in [-0.25, -0.2) is 0 Å². The van der Waals surface area contributed by atoms with Crippen LogP contribution < -0.4 is 20.5 Å². The molecule has 0 fully saturated rings. The summed E-state index contributed by atoms with van der Waals surface area (Å²) < 4.78 is 10.2. The van der Waals surface area contributed by atoms with Gasteiger partial charge in [-0.05, 0) is 6.92 Å². The molecule has 3 N–H and O–H groups in total. The molecule has 5 nitrogen and oxygen atoms in total. The summed E-state index contributed by atoms with van der Waals surface area (Å²) in [7, 11) is 3.10. The average molecular weight is 261 g/mol. The fourth-order valence-corrected chi connectivity index (χ4v) is 1.14. The van der Waals surface area contributed by atoms with E-state index in [9.17, 15) is 4.79 Å². The van der Waals surface area contributed by atoms with Crippen LogP contribution >= 0.6 is 12.4 Å². The van der Waals surface area contributed by atoms with E-state index in [4.69, 9.17) is 15.2 Å². The molecule has 0 saturated carbocycles. The van der Waals surface area contributed by atoms with Crippen molar-refractivity contribution in [2.24, 2.45) is 5.73 Å². The highest BCUT2D eigenvalue weighted by Gasteiger charge is 2.09. The monoisotopic (exact) mass is 260 g/mol. The van der Waals surface area contributed by atoms with Crippen LogP contribution in [0.1, 0.15) is 6.92 Å². The molecule has 1 amide bonds. The lowest BCUT2D eigenvalue weighted by atomic mass is 10.2. The molecule has 1 aromatic rings. The molecule has 0 aromatic heterocycles. The Bertz CT molecular complexity index is 361. The predicted octanol–water partition coefficient (Wildman–Crippen LogP) is 1.41. The maximum absolute atomic E-state index is 11.4. The lowest BCUT2D eigenvalue weighted by Crippen LogP contribution is -2.32. The average Bonchev–Trinajstić information content (AvgIpc) is 2.28. The van der Waals surface area contributed by atoms with Crippen LogP contribution in [0, 0.1) is 0 Å². The molecule has 0 saturated heterocycles. The normalized spacial score (nSPS) is 11.1. The summed E-state index contributed by atoms with van der Waals surface area (Å²) in [6.07, 6.45) is 0. The number of halogens is 1. The van der Waals surface area contributed by atoms with E-state index in [1.165, 1.54) is 0 Å². The SMILES string of the molecule is COc1cc(NC(=O)[C@@H](C)N)cc(OC)c1.Cl. The Hall–Kier alpha value is -1.46. The minimum Gasteiger partial charge on any atom is -0.497 e. The number of hydrogen-bond donors (Lipinski definition) is 2. The fourth-order valence-electron chi connectivity index (χ4n) is 1.14. The van der Waals surface area contributed by atoms with Gasteiger partial charge in [-0.2, -0.15) is 0 Å². The van der Waals surface area contributed by atoms with Crippen LogP contribution in [0.5, 0.6) is 11.5 Å².